The molecule has 35 heavy (non-hydrogen) atoms. The number of sulfonamides is 2. The van der Waals surface area contributed by atoms with Crippen LogP contribution < -0.4 is 4.72 Å². The van der Waals surface area contributed by atoms with Crippen molar-refractivity contribution >= 4 is 49.5 Å². The van der Waals surface area contributed by atoms with Gasteiger partial charge in [0.05, 0.1) is 9.79 Å². The van der Waals surface area contributed by atoms with Crippen molar-refractivity contribution in [1.29, 1.82) is 0 Å². The molecule has 3 rings (SSSR count). The molecule has 1 unspecified atom stereocenters. The fourth-order valence-corrected chi connectivity index (χ4v) is 6.90. The Hall–Kier alpha value is -1.79. The van der Waals surface area contributed by atoms with Gasteiger partial charge in [-0.2, -0.15) is 4.31 Å². The molecule has 3 atom stereocenters. The van der Waals surface area contributed by atoms with E-state index in [2.05, 4.69) is 4.72 Å². The molecule has 0 saturated carbocycles. The van der Waals surface area contributed by atoms with Crippen LogP contribution in [-0.2, 0) is 29.6 Å². The monoisotopic (exact) mass is 560 g/mol. The minimum absolute atomic E-state index is 0.0347. The Balaban J connectivity index is 1.83. The number of rotatable bonds is 11. The van der Waals surface area contributed by atoms with Crippen molar-refractivity contribution in [3.05, 3.63) is 70.7 Å². The Labute approximate surface area is 216 Å². The highest BCUT2D eigenvalue weighted by Crippen LogP contribution is 2.29. The van der Waals surface area contributed by atoms with Gasteiger partial charge < -0.3 is 9.53 Å². The highest BCUT2D eigenvalue weighted by molar-refractivity contribution is 7.89. The van der Waals surface area contributed by atoms with Crippen molar-refractivity contribution in [2.24, 2.45) is 0 Å². The number of carbonyl (C=O) groups is 1. The van der Waals surface area contributed by atoms with E-state index in [-0.39, 0.29) is 22.8 Å². The maximum absolute atomic E-state index is 13.4. The number of nitrogens with zero attached hydrogens (tertiary/aromatic N) is 1. The van der Waals surface area contributed by atoms with Gasteiger partial charge in [0, 0.05) is 35.8 Å². The van der Waals surface area contributed by atoms with E-state index in [0.29, 0.717) is 29.2 Å². The van der Waals surface area contributed by atoms with E-state index >= 15 is 0 Å². The van der Waals surface area contributed by atoms with Gasteiger partial charge in [-0.3, -0.25) is 0 Å². The summed E-state index contributed by atoms with van der Waals surface area (Å²) >= 11 is 11.8. The summed E-state index contributed by atoms with van der Waals surface area (Å²) in [6, 6.07) is 10.3. The molecule has 8 nitrogen and oxygen atoms in total. The molecule has 12 heteroatoms. The second-order valence-electron chi connectivity index (χ2n) is 8.02. The molecule has 0 aliphatic carbocycles. The lowest BCUT2D eigenvalue weighted by molar-refractivity contribution is -0.116. The Kier molecular flexibility index (Phi) is 9.50. The molecule has 1 N–H and O–H groups in total. The number of halogens is 2. The van der Waals surface area contributed by atoms with Crippen molar-refractivity contribution in [3.8, 4) is 0 Å². The zero-order chi connectivity index (χ0) is 25.6. The van der Waals surface area contributed by atoms with E-state index in [1.54, 1.807) is 12.2 Å². The van der Waals surface area contributed by atoms with Crippen molar-refractivity contribution in [3.63, 3.8) is 0 Å². The SMILES string of the molecule is COC(C=O)CCC=C[C@@H]1C[C@@H](NS(=O)(=O)c2ccc(Cl)cc2)CN1S(=O)(=O)c1ccc(Cl)cc1. The van der Waals surface area contributed by atoms with E-state index in [9.17, 15) is 21.6 Å². The van der Waals surface area contributed by atoms with Gasteiger partial charge in [-0.15, -0.1) is 0 Å². The lowest BCUT2D eigenvalue weighted by Crippen LogP contribution is -2.39. The summed E-state index contributed by atoms with van der Waals surface area (Å²) in [7, 11) is -6.39. The van der Waals surface area contributed by atoms with Gasteiger partial charge in [-0.05, 0) is 67.8 Å². The fourth-order valence-electron chi connectivity index (χ4n) is 3.77. The number of benzene rings is 2. The van der Waals surface area contributed by atoms with Crippen LogP contribution in [0.25, 0.3) is 0 Å². The first-order chi connectivity index (χ1) is 16.6. The number of nitrogens with one attached hydrogen (secondary N) is 1. The molecule has 0 aromatic heterocycles. The summed E-state index contributed by atoms with van der Waals surface area (Å²) in [6.07, 6.45) is 4.84. The first kappa shape index (κ1) is 27.8. The van der Waals surface area contributed by atoms with Gasteiger partial charge in [0.2, 0.25) is 20.0 Å². The number of methoxy groups -OCH3 is 1. The third-order valence-corrected chi connectivity index (χ3v) is 9.54. The van der Waals surface area contributed by atoms with Crippen LogP contribution in [-0.4, -0.2) is 59.3 Å². The van der Waals surface area contributed by atoms with E-state index in [0.717, 1.165) is 0 Å². The minimum Gasteiger partial charge on any atom is -0.374 e. The van der Waals surface area contributed by atoms with Crippen LogP contribution in [0.1, 0.15) is 19.3 Å². The second-order valence-corrected chi connectivity index (χ2v) is 12.5. The number of allylic oxidation sites excluding steroid dienone is 1. The van der Waals surface area contributed by atoms with Crippen LogP contribution in [0.2, 0.25) is 10.0 Å². The van der Waals surface area contributed by atoms with E-state index < -0.39 is 38.2 Å². The highest BCUT2D eigenvalue weighted by atomic mass is 35.5. The second kappa shape index (κ2) is 12.0. The van der Waals surface area contributed by atoms with E-state index in [1.165, 1.54) is 59.9 Å². The normalized spacial score (nSPS) is 20.3. The fraction of sp³-hybridized carbons (Fsp3) is 0.348. The molecular weight excluding hydrogens is 535 g/mol. The molecule has 0 radical (unpaired) electrons. The number of hydrogen-bond donors (Lipinski definition) is 1. The minimum atomic E-state index is -3.94. The lowest BCUT2D eigenvalue weighted by atomic mass is 10.1. The van der Waals surface area contributed by atoms with Gasteiger partial charge in [-0.25, -0.2) is 21.6 Å². The zero-order valence-corrected chi connectivity index (χ0v) is 22.0. The molecular formula is C23H26Cl2N2O6S2. The summed E-state index contributed by atoms with van der Waals surface area (Å²) in [6.45, 7) is -0.0537. The largest absolute Gasteiger partial charge is 0.374 e. The molecule has 1 saturated heterocycles. The van der Waals surface area contributed by atoms with Crippen LogP contribution in [0.4, 0.5) is 0 Å². The molecule has 0 amide bonds. The summed E-state index contributed by atoms with van der Waals surface area (Å²) in [5.74, 6) is 0. The zero-order valence-electron chi connectivity index (χ0n) is 18.9. The summed E-state index contributed by atoms with van der Waals surface area (Å²) in [4.78, 5) is 11.0. The van der Waals surface area contributed by atoms with Crippen molar-refractivity contribution in [1.82, 2.24) is 9.03 Å². The predicted molar refractivity (Wildman–Crippen MR) is 135 cm³/mol. The number of ether oxygens (including phenoxy) is 1. The third kappa shape index (κ3) is 7.13. The van der Waals surface area contributed by atoms with Gasteiger partial charge in [0.15, 0.2) is 0 Å². The van der Waals surface area contributed by atoms with Gasteiger partial charge in [0.25, 0.3) is 0 Å². The highest BCUT2D eigenvalue weighted by Gasteiger charge is 2.40. The lowest BCUT2D eigenvalue weighted by Gasteiger charge is -2.22. The standard InChI is InChI=1S/C23H26Cl2N2O6S2/c1-33-21(16-28)5-3-2-4-20-14-19(26-34(29,30)22-10-6-17(24)7-11-22)15-27(20)35(31,32)23-12-8-18(25)9-13-23/h2,4,6-13,16,19-21,26H,3,5,14-15H2,1H3/t19-,20-,21?/m1/s1. The summed E-state index contributed by atoms with van der Waals surface area (Å²) in [5, 5.41) is 0.804. The van der Waals surface area contributed by atoms with Crippen LogP contribution in [0.5, 0.6) is 0 Å². The molecule has 0 bridgehead atoms. The number of hydrogen-bond acceptors (Lipinski definition) is 6. The third-order valence-electron chi connectivity index (χ3n) is 5.59. The van der Waals surface area contributed by atoms with Gasteiger partial charge in [-0.1, -0.05) is 35.4 Å². The molecule has 1 heterocycles. The molecule has 190 valence electrons. The molecule has 0 spiro atoms. The Morgan fingerprint density at radius 2 is 1.60 bits per heavy atom. The van der Waals surface area contributed by atoms with Crippen molar-refractivity contribution in [2.45, 2.75) is 47.2 Å². The van der Waals surface area contributed by atoms with Gasteiger partial charge >= 0.3 is 0 Å². The summed E-state index contributed by atoms with van der Waals surface area (Å²) < 4.78 is 61.5. The maximum Gasteiger partial charge on any atom is 0.243 e. The molecule has 1 fully saturated rings. The van der Waals surface area contributed by atoms with Crippen LogP contribution in [0.3, 0.4) is 0 Å². The molecule has 1 aliphatic rings. The maximum atomic E-state index is 13.4. The van der Waals surface area contributed by atoms with Gasteiger partial charge in [0.1, 0.15) is 12.4 Å². The quantitative estimate of drug-likeness (QED) is 0.331. The van der Waals surface area contributed by atoms with Crippen molar-refractivity contribution in [2.75, 3.05) is 13.7 Å². The summed E-state index contributed by atoms with van der Waals surface area (Å²) in [5.41, 5.74) is 0. The number of aldehydes is 1. The van der Waals surface area contributed by atoms with Crippen LogP contribution >= 0.6 is 23.2 Å². The molecule has 1 aliphatic heterocycles. The first-order valence-electron chi connectivity index (χ1n) is 10.8. The predicted octanol–water partition coefficient (Wildman–Crippen LogP) is 3.65. The molecule has 2 aromatic rings. The van der Waals surface area contributed by atoms with E-state index in [1.807, 2.05) is 0 Å². The van der Waals surface area contributed by atoms with Crippen LogP contribution in [0, 0.1) is 0 Å². The Morgan fingerprint density at radius 3 is 2.14 bits per heavy atom. The topological polar surface area (TPSA) is 110 Å². The van der Waals surface area contributed by atoms with Crippen LogP contribution in [0.15, 0.2) is 70.5 Å². The Bertz CT molecular complexity index is 1250. The number of carbonyl (C=O) groups excluding carboxylic acids is 1. The smallest absolute Gasteiger partial charge is 0.243 e. The average Bonchev–Trinajstić information content (AvgIpc) is 3.22. The first-order valence-corrected chi connectivity index (χ1v) is 14.4. The Morgan fingerprint density at radius 1 is 1.03 bits per heavy atom. The van der Waals surface area contributed by atoms with Crippen molar-refractivity contribution < 1.29 is 26.4 Å². The molecule has 2 aromatic carbocycles. The van der Waals surface area contributed by atoms with E-state index in [4.69, 9.17) is 27.9 Å². The average molecular weight is 562 g/mol.